The Morgan fingerprint density at radius 3 is 2.46 bits per heavy atom. The van der Waals surface area contributed by atoms with Crippen LogP contribution in [0.4, 0.5) is 0 Å². The van der Waals surface area contributed by atoms with Gasteiger partial charge >= 0.3 is 0 Å². The summed E-state index contributed by atoms with van der Waals surface area (Å²) < 4.78 is 10.6. The van der Waals surface area contributed by atoms with E-state index in [9.17, 15) is 0 Å². The summed E-state index contributed by atoms with van der Waals surface area (Å²) in [6, 6.07) is 8.01. The molecule has 70 valence electrons. The fraction of sp³-hybridized carbons (Fsp3) is 0.455. The van der Waals surface area contributed by atoms with Gasteiger partial charge in [0.25, 0.3) is 0 Å². The Balaban J connectivity index is 1.88. The summed E-state index contributed by atoms with van der Waals surface area (Å²) in [5.41, 5.74) is 1.22. The number of ether oxygens (including phenoxy) is 2. The largest absolute Gasteiger partial charge is 0.497 e. The summed E-state index contributed by atoms with van der Waals surface area (Å²) >= 11 is 0. The number of hydrogen-bond acceptors (Lipinski definition) is 2. The predicted molar refractivity (Wildman–Crippen MR) is 50.8 cm³/mol. The fourth-order valence-electron chi connectivity index (χ4n) is 1.17. The maximum atomic E-state index is 5.57. The topological polar surface area (TPSA) is 18.5 Å². The quantitative estimate of drug-likeness (QED) is 0.704. The third-order valence-corrected chi connectivity index (χ3v) is 2.17. The number of methoxy groups -OCH3 is 1. The molecule has 0 heterocycles. The van der Waals surface area contributed by atoms with Gasteiger partial charge < -0.3 is 9.47 Å². The molecule has 0 radical (unpaired) electrons. The van der Waals surface area contributed by atoms with Crippen molar-refractivity contribution >= 4 is 0 Å². The molecule has 0 amide bonds. The normalized spacial score (nSPS) is 15.8. The molecular formula is C11H14O2. The highest BCUT2D eigenvalue weighted by Gasteiger charge is 2.21. The van der Waals surface area contributed by atoms with Crippen LogP contribution in [0.2, 0.25) is 0 Å². The van der Waals surface area contributed by atoms with Gasteiger partial charge in [-0.15, -0.1) is 0 Å². The number of hydrogen-bond donors (Lipinski definition) is 0. The molecule has 0 aromatic heterocycles. The van der Waals surface area contributed by atoms with Crippen LogP contribution in [0.5, 0.6) is 5.75 Å². The highest BCUT2D eigenvalue weighted by Crippen LogP contribution is 2.25. The summed E-state index contributed by atoms with van der Waals surface area (Å²) in [6.45, 7) is 0.731. The average Bonchev–Trinajstić information content (AvgIpc) is 2.99. The van der Waals surface area contributed by atoms with E-state index < -0.39 is 0 Å². The highest BCUT2D eigenvalue weighted by molar-refractivity contribution is 5.26. The van der Waals surface area contributed by atoms with Gasteiger partial charge in [0.1, 0.15) is 5.75 Å². The van der Waals surface area contributed by atoms with Crippen molar-refractivity contribution < 1.29 is 9.47 Å². The van der Waals surface area contributed by atoms with Crippen LogP contribution in [-0.4, -0.2) is 13.2 Å². The van der Waals surface area contributed by atoms with Crippen molar-refractivity contribution in [3.05, 3.63) is 29.8 Å². The Hall–Kier alpha value is -1.02. The van der Waals surface area contributed by atoms with Gasteiger partial charge in [0.2, 0.25) is 0 Å². The summed E-state index contributed by atoms with van der Waals surface area (Å²) in [4.78, 5) is 0. The predicted octanol–water partition coefficient (Wildman–Crippen LogP) is 2.37. The number of benzene rings is 1. The maximum absolute atomic E-state index is 5.57. The summed E-state index contributed by atoms with van der Waals surface area (Å²) in [7, 11) is 1.68. The lowest BCUT2D eigenvalue weighted by Gasteiger charge is -2.03. The lowest BCUT2D eigenvalue weighted by molar-refractivity contribution is 0.106. The van der Waals surface area contributed by atoms with Crippen LogP contribution in [0.25, 0.3) is 0 Å². The average molecular weight is 178 g/mol. The Morgan fingerprint density at radius 2 is 1.92 bits per heavy atom. The Bertz CT molecular complexity index is 262. The van der Waals surface area contributed by atoms with Gasteiger partial charge in [0, 0.05) is 0 Å². The first kappa shape index (κ1) is 8.57. The second-order valence-corrected chi connectivity index (χ2v) is 3.36. The lowest BCUT2D eigenvalue weighted by atomic mass is 10.2. The highest BCUT2D eigenvalue weighted by atomic mass is 16.5. The van der Waals surface area contributed by atoms with E-state index in [4.69, 9.17) is 9.47 Å². The van der Waals surface area contributed by atoms with Gasteiger partial charge in [-0.25, -0.2) is 0 Å². The van der Waals surface area contributed by atoms with E-state index in [2.05, 4.69) is 0 Å². The molecule has 1 aliphatic rings. The third-order valence-electron chi connectivity index (χ3n) is 2.17. The van der Waals surface area contributed by atoms with Crippen molar-refractivity contribution in [3.63, 3.8) is 0 Å². The van der Waals surface area contributed by atoms with E-state index in [1.807, 2.05) is 24.3 Å². The van der Waals surface area contributed by atoms with Gasteiger partial charge in [-0.3, -0.25) is 0 Å². The first-order valence-corrected chi connectivity index (χ1v) is 4.63. The summed E-state index contributed by atoms with van der Waals surface area (Å²) in [5, 5.41) is 0. The molecule has 2 heteroatoms. The minimum atomic E-state index is 0.530. The molecule has 13 heavy (non-hydrogen) atoms. The van der Waals surface area contributed by atoms with Gasteiger partial charge in [-0.1, -0.05) is 12.1 Å². The zero-order chi connectivity index (χ0) is 9.10. The zero-order valence-corrected chi connectivity index (χ0v) is 7.82. The van der Waals surface area contributed by atoms with Crippen LogP contribution in [0.15, 0.2) is 24.3 Å². The molecule has 0 spiro atoms. The van der Waals surface area contributed by atoms with Crippen LogP contribution in [-0.2, 0) is 11.3 Å². The van der Waals surface area contributed by atoms with E-state index in [1.54, 1.807) is 7.11 Å². The van der Waals surface area contributed by atoms with Crippen molar-refractivity contribution in [2.45, 2.75) is 25.6 Å². The lowest BCUT2D eigenvalue weighted by Crippen LogP contribution is -1.94. The molecular weight excluding hydrogens is 164 g/mol. The van der Waals surface area contributed by atoms with Crippen molar-refractivity contribution in [3.8, 4) is 5.75 Å². The van der Waals surface area contributed by atoms with Crippen LogP contribution in [0, 0.1) is 0 Å². The van der Waals surface area contributed by atoms with Gasteiger partial charge in [-0.05, 0) is 30.5 Å². The molecule has 1 aromatic carbocycles. The second kappa shape index (κ2) is 3.79. The summed E-state index contributed by atoms with van der Waals surface area (Å²) in [5.74, 6) is 0.898. The Labute approximate surface area is 78.5 Å². The van der Waals surface area contributed by atoms with Crippen LogP contribution >= 0.6 is 0 Å². The monoisotopic (exact) mass is 178 g/mol. The molecule has 1 saturated carbocycles. The van der Waals surface area contributed by atoms with E-state index in [-0.39, 0.29) is 0 Å². The molecule has 0 atom stereocenters. The summed E-state index contributed by atoms with van der Waals surface area (Å²) in [6.07, 6.45) is 2.99. The van der Waals surface area contributed by atoms with Gasteiger partial charge in [-0.2, -0.15) is 0 Å². The molecule has 0 unspecified atom stereocenters. The fourth-order valence-corrected chi connectivity index (χ4v) is 1.17. The third kappa shape index (κ3) is 2.46. The van der Waals surface area contributed by atoms with E-state index in [0.717, 1.165) is 12.4 Å². The number of rotatable bonds is 4. The van der Waals surface area contributed by atoms with E-state index in [1.165, 1.54) is 18.4 Å². The van der Waals surface area contributed by atoms with Crippen molar-refractivity contribution in [2.24, 2.45) is 0 Å². The smallest absolute Gasteiger partial charge is 0.118 e. The van der Waals surface area contributed by atoms with Gasteiger partial charge in [0.05, 0.1) is 19.8 Å². The Kier molecular flexibility index (Phi) is 2.50. The molecule has 2 rings (SSSR count). The molecule has 1 aromatic rings. The van der Waals surface area contributed by atoms with Gasteiger partial charge in [0.15, 0.2) is 0 Å². The first-order chi connectivity index (χ1) is 6.38. The van der Waals surface area contributed by atoms with Crippen LogP contribution in [0.3, 0.4) is 0 Å². The molecule has 1 fully saturated rings. The minimum Gasteiger partial charge on any atom is -0.497 e. The SMILES string of the molecule is COc1ccc(COC2CC2)cc1. The Morgan fingerprint density at radius 1 is 1.23 bits per heavy atom. The van der Waals surface area contributed by atoms with Crippen molar-refractivity contribution in [1.29, 1.82) is 0 Å². The maximum Gasteiger partial charge on any atom is 0.118 e. The standard InChI is InChI=1S/C11H14O2/c1-12-10-4-2-9(3-5-10)8-13-11-6-7-11/h2-5,11H,6-8H2,1H3. The van der Waals surface area contributed by atoms with Crippen molar-refractivity contribution in [2.75, 3.05) is 7.11 Å². The van der Waals surface area contributed by atoms with Crippen LogP contribution in [0.1, 0.15) is 18.4 Å². The zero-order valence-electron chi connectivity index (χ0n) is 7.82. The molecule has 0 saturated heterocycles. The molecule has 0 aliphatic heterocycles. The molecule has 2 nitrogen and oxygen atoms in total. The minimum absolute atomic E-state index is 0.530. The van der Waals surface area contributed by atoms with Crippen molar-refractivity contribution in [1.82, 2.24) is 0 Å². The molecule has 0 N–H and O–H groups in total. The van der Waals surface area contributed by atoms with E-state index in [0.29, 0.717) is 6.10 Å². The molecule has 0 bridgehead atoms. The van der Waals surface area contributed by atoms with Crippen LogP contribution < -0.4 is 4.74 Å². The molecule has 1 aliphatic carbocycles. The first-order valence-electron chi connectivity index (χ1n) is 4.63. The van der Waals surface area contributed by atoms with E-state index >= 15 is 0 Å². The second-order valence-electron chi connectivity index (χ2n) is 3.36.